The number of hydrogen-bond acceptors (Lipinski definition) is 4. The predicted octanol–water partition coefficient (Wildman–Crippen LogP) is 2.90. The van der Waals surface area contributed by atoms with Crippen LogP contribution < -0.4 is 10.5 Å². The van der Waals surface area contributed by atoms with Crippen LogP contribution in [0, 0.1) is 5.92 Å². The van der Waals surface area contributed by atoms with Crippen molar-refractivity contribution in [3.8, 4) is 5.75 Å². The Morgan fingerprint density at radius 3 is 2.77 bits per heavy atom. The number of nitrogen functional groups attached to an aromatic ring is 1. The van der Waals surface area contributed by atoms with Gasteiger partial charge in [-0.3, -0.25) is 4.79 Å². The topological polar surface area (TPSA) is 55.6 Å². The van der Waals surface area contributed by atoms with E-state index < -0.39 is 0 Å². The van der Waals surface area contributed by atoms with E-state index >= 15 is 0 Å². The Bertz CT molecular complexity index is 496. The molecule has 1 atom stereocenters. The number of nitrogens with zero attached hydrogens (tertiary/aromatic N) is 1. The van der Waals surface area contributed by atoms with Crippen molar-refractivity contribution in [1.29, 1.82) is 0 Å². The van der Waals surface area contributed by atoms with E-state index in [-0.39, 0.29) is 5.92 Å². The largest absolute Gasteiger partial charge is 0.495 e. The van der Waals surface area contributed by atoms with Gasteiger partial charge < -0.3 is 15.4 Å². The molecule has 0 saturated carbocycles. The molecule has 4 heteroatoms. The number of carbonyl (C=O) groups excluding carboxylic acids is 1. The Balaban J connectivity index is 1.77. The molecule has 122 valence electrons. The van der Waals surface area contributed by atoms with Gasteiger partial charge in [0.15, 0.2) is 0 Å². The van der Waals surface area contributed by atoms with E-state index in [0.717, 1.165) is 24.9 Å². The van der Waals surface area contributed by atoms with Crippen LogP contribution in [0.2, 0.25) is 0 Å². The van der Waals surface area contributed by atoms with Gasteiger partial charge in [0.1, 0.15) is 11.5 Å². The van der Waals surface area contributed by atoms with Crippen molar-refractivity contribution in [3.63, 3.8) is 0 Å². The van der Waals surface area contributed by atoms with Crippen LogP contribution in [-0.4, -0.2) is 37.4 Å². The summed E-state index contributed by atoms with van der Waals surface area (Å²) in [6.07, 6.45) is 5.03. The normalized spacial score (nSPS) is 16.6. The smallest absolute Gasteiger partial charge is 0.142 e. The molecule has 0 radical (unpaired) electrons. The fourth-order valence-corrected chi connectivity index (χ4v) is 3.08. The fourth-order valence-electron chi connectivity index (χ4n) is 3.08. The average Bonchev–Trinajstić information content (AvgIpc) is 3.02. The number of likely N-dealkylation sites (tertiary alicyclic amines) is 1. The Hall–Kier alpha value is -1.55. The van der Waals surface area contributed by atoms with Gasteiger partial charge in [-0.25, -0.2) is 0 Å². The number of Topliss-reactive ketones (excluding diaryl/α,β-unsaturated/α-hetero) is 1. The Morgan fingerprint density at radius 2 is 2.09 bits per heavy atom. The molecule has 2 rings (SSSR count). The average molecular weight is 304 g/mol. The number of benzene rings is 1. The van der Waals surface area contributed by atoms with Crippen LogP contribution >= 0.6 is 0 Å². The molecule has 0 spiro atoms. The van der Waals surface area contributed by atoms with Crippen molar-refractivity contribution in [3.05, 3.63) is 23.8 Å². The second kappa shape index (κ2) is 8.18. The highest BCUT2D eigenvalue weighted by Crippen LogP contribution is 2.24. The van der Waals surface area contributed by atoms with Gasteiger partial charge in [-0.1, -0.05) is 13.0 Å². The lowest BCUT2D eigenvalue weighted by Gasteiger charge is -2.15. The second-order valence-corrected chi connectivity index (χ2v) is 6.30. The zero-order valence-corrected chi connectivity index (χ0v) is 13.8. The van der Waals surface area contributed by atoms with Crippen molar-refractivity contribution in [2.45, 2.75) is 39.0 Å². The molecule has 4 nitrogen and oxygen atoms in total. The first kappa shape index (κ1) is 16.8. The summed E-state index contributed by atoms with van der Waals surface area (Å²) in [6, 6.07) is 5.76. The summed E-state index contributed by atoms with van der Waals surface area (Å²) in [5.41, 5.74) is 7.56. The van der Waals surface area contributed by atoms with Gasteiger partial charge in [-0.05, 0) is 63.0 Å². The molecule has 1 fully saturated rings. The molecule has 0 unspecified atom stereocenters. The lowest BCUT2D eigenvalue weighted by molar-refractivity contribution is -0.122. The van der Waals surface area contributed by atoms with Crippen molar-refractivity contribution >= 4 is 11.5 Å². The quantitative estimate of drug-likeness (QED) is 0.750. The third kappa shape index (κ3) is 4.73. The highest BCUT2D eigenvalue weighted by molar-refractivity contribution is 5.81. The molecule has 1 aromatic carbocycles. The molecule has 0 bridgehead atoms. The SMILES string of the molecule is COc1cc(C[C@H](C)C(=O)CCCN2CCCC2)ccc1N. The molecule has 1 aromatic rings. The van der Waals surface area contributed by atoms with Gasteiger partial charge in [-0.2, -0.15) is 0 Å². The molecular weight excluding hydrogens is 276 g/mol. The Morgan fingerprint density at radius 1 is 1.36 bits per heavy atom. The molecule has 0 aromatic heterocycles. The zero-order valence-electron chi connectivity index (χ0n) is 13.8. The van der Waals surface area contributed by atoms with Gasteiger partial charge in [0.05, 0.1) is 12.8 Å². The minimum Gasteiger partial charge on any atom is -0.495 e. The fraction of sp³-hybridized carbons (Fsp3) is 0.611. The molecule has 2 N–H and O–H groups in total. The number of rotatable bonds is 8. The molecule has 0 aliphatic carbocycles. The van der Waals surface area contributed by atoms with Crippen molar-refractivity contribution < 1.29 is 9.53 Å². The van der Waals surface area contributed by atoms with Gasteiger partial charge >= 0.3 is 0 Å². The van der Waals surface area contributed by atoms with Crippen LogP contribution in [0.4, 0.5) is 5.69 Å². The molecule has 0 amide bonds. The summed E-state index contributed by atoms with van der Waals surface area (Å²) in [4.78, 5) is 14.7. The van der Waals surface area contributed by atoms with E-state index in [4.69, 9.17) is 10.5 Å². The van der Waals surface area contributed by atoms with Crippen LogP contribution in [-0.2, 0) is 11.2 Å². The molecule has 22 heavy (non-hydrogen) atoms. The lowest BCUT2D eigenvalue weighted by Crippen LogP contribution is -2.22. The minimum absolute atomic E-state index is 0.0481. The van der Waals surface area contributed by atoms with Gasteiger partial charge in [0.25, 0.3) is 0 Å². The third-order valence-corrected chi connectivity index (χ3v) is 4.49. The number of ketones is 1. The van der Waals surface area contributed by atoms with Gasteiger partial charge in [-0.15, -0.1) is 0 Å². The number of anilines is 1. The summed E-state index contributed by atoms with van der Waals surface area (Å²) in [6.45, 7) is 5.49. The highest BCUT2D eigenvalue weighted by atomic mass is 16.5. The first-order valence-electron chi connectivity index (χ1n) is 8.27. The van der Waals surface area contributed by atoms with Crippen LogP contribution in [0.15, 0.2) is 18.2 Å². The van der Waals surface area contributed by atoms with Gasteiger partial charge in [0.2, 0.25) is 0 Å². The van der Waals surface area contributed by atoms with E-state index in [0.29, 0.717) is 23.6 Å². The summed E-state index contributed by atoms with van der Waals surface area (Å²) in [5.74, 6) is 1.09. The highest BCUT2D eigenvalue weighted by Gasteiger charge is 2.16. The van der Waals surface area contributed by atoms with Crippen molar-refractivity contribution in [1.82, 2.24) is 4.90 Å². The van der Waals surface area contributed by atoms with E-state index in [9.17, 15) is 4.79 Å². The maximum atomic E-state index is 12.3. The molecule has 1 saturated heterocycles. The van der Waals surface area contributed by atoms with Crippen LogP contribution in [0.3, 0.4) is 0 Å². The Kier molecular flexibility index (Phi) is 6.25. The Labute approximate surface area is 133 Å². The van der Waals surface area contributed by atoms with E-state index in [1.54, 1.807) is 7.11 Å². The molecular formula is C18H28N2O2. The lowest BCUT2D eigenvalue weighted by atomic mass is 9.94. The van der Waals surface area contributed by atoms with E-state index in [1.807, 2.05) is 25.1 Å². The minimum atomic E-state index is 0.0481. The number of hydrogen-bond donors (Lipinski definition) is 1. The number of ether oxygens (including phenoxy) is 1. The summed E-state index contributed by atoms with van der Waals surface area (Å²) in [7, 11) is 1.61. The summed E-state index contributed by atoms with van der Waals surface area (Å²) in [5, 5.41) is 0. The van der Waals surface area contributed by atoms with Crippen LogP contribution in [0.1, 0.15) is 38.2 Å². The first-order chi connectivity index (χ1) is 10.6. The van der Waals surface area contributed by atoms with Crippen molar-refractivity contribution in [2.24, 2.45) is 5.92 Å². The first-order valence-corrected chi connectivity index (χ1v) is 8.27. The van der Waals surface area contributed by atoms with Gasteiger partial charge in [0, 0.05) is 12.3 Å². The number of methoxy groups -OCH3 is 1. The van der Waals surface area contributed by atoms with Crippen molar-refractivity contribution in [2.75, 3.05) is 32.5 Å². The number of carbonyl (C=O) groups is 1. The summed E-state index contributed by atoms with van der Waals surface area (Å²) >= 11 is 0. The monoisotopic (exact) mass is 304 g/mol. The number of nitrogens with two attached hydrogens (primary N) is 1. The second-order valence-electron chi connectivity index (χ2n) is 6.30. The predicted molar refractivity (Wildman–Crippen MR) is 90.2 cm³/mol. The molecule has 1 aliphatic heterocycles. The van der Waals surface area contributed by atoms with Crippen LogP contribution in [0.25, 0.3) is 0 Å². The summed E-state index contributed by atoms with van der Waals surface area (Å²) < 4.78 is 5.23. The zero-order chi connectivity index (χ0) is 15.9. The van der Waals surface area contributed by atoms with E-state index in [1.165, 1.54) is 25.9 Å². The maximum Gasteiger partial charge on any atom is 0.142 e. The van der Waals surface area contributed by atoms with E-state index in [2.05, 4.69) is 4.90 Å². The third-order valence-electron chi connectivity index (χ3n) is 4.49. The molecule has 1 heterocycles. The standard InChI is InChI=1S/C18H28N2O2/c1-14(12-15-7-8-16(19)18(13-15)22-2)17(21)6-5-11-20-9-3-4-10-20/h7-8,13-14H,3-6,9-12,19H2,1-2H3/t14-/m0/s1. The molecule has 1 aliphatic rings. The maximum absolute atomic E-state index is 12.3. The van der Waals surface area contributed by atoms with Crippen LogP contribution in [0.5, 0.6) is 5.75 Å².